The Hall–Kier alpha value is -1.14. The number of thiophene rings is 1. The monoisotopic (exact) mass is 364 g/mol. The lowest BCUT2D eigenvalue weighted by Gasteiger charge is -2.18. The molecule has 0 amide bonds. The van der Waals surface area contributed by atoms with Crippen LogP contribution in [0.1, 0.15) is 61.9 Å². The molecule has 4 nitrogen and oxygen atoms in total. The van der Waals surface area contributed by atoms with E-state index in [0.29, 0.717) is 6.42 Å². The molecule has 0 atom stereocenters. The van der Waals surface area contributed by atoms with E-state index >= 15 is 0 Å². The molecule has 0 radical (unpaired) electrons. The van der Waals surface area contributed by atoms with Crippen molar-refractivity contribution in [2.45, 2.75) is 70.5 Å². The zero-order valence-corrected chi connectivity index (χ0v) is 16.2. The maximum atomic E-state index is 13.2. The number of rotatable bonds is 6. The number of ketones is 1. The highest BCUT2D eigenvalue weighted by molar-refractivity contribution is 7.99. The molecular formula is C18H24N2O2S2. The van der Waals surface area contributed by atoms with Crippen LogP contribution < -0.4 is 5.56 Å². The third kappa shape index (κ3) is 3.45. The Morgan fingerprint density at radius 2 is 2.04 bits per heavy atom. The number of nitrogens with zero attached hydrogens (tertiary/aromatic N) is 2. The summed E-state index contributed by atoms with van der Waals surface area (Å²) < 4.78 is 1.95. The van der Waals surface area contributed by atoms with Crippen LogP contribution in [-0.4, -0.2) is 21.1 Å². The molecule has 24 heavy (non-hydrogen) atoms. The SMILES string of the molecule is CC(=O)CCCSc1nc2sc(C)c(C)c2c(=O)n1C1CCCC1. The Morgan fingerprint density at radius 1 is 1.33 bits per heavy atom. The minimum Gasteiger partial charge on any atom is -0.300 e. The minimum absolute atomic E-state index is 0.128. The first-order valence-electron chi connectivity index (χ1n) is 8.63. The summed E-state index contributed by atoms with van der Waals surface area (Å²) in [5.41, 5.74) is 1.20. The highest BCUT2D eigenvalue weighted by Gasteiger charge is 2.24. The number of aromatic nitrogens is 2. The summed E-state index contributed by atoms with van der Waals surface area (Å²) in [6.07, 6.45) is 5.93. The van der Waals surface area contributed by atoms with E-state index in [4.69, 9.17) is 4.98 Å². The number of thioether (sulfide) groups is 1. The Bertz CT molecular complexity index is 817. The van der Waals surface area contributed by atoms with E-state index in [1.54, 1.807) is 30.0 Å². The molecule has 0 bridgehead atoms. The number of hydrogen-bond acceptors (Lipinski definition) is 5. The van der Waals surface area contributed by atoms with Gasteiger partial charge in [-0.05, 0) is 45.6 Å². The molecule has 130 valence electrons. The molecule has 1 aliphatic rings. The number of carbonyl (C=O) groups is 1. The molecule has 2 heterocycles. The Morgan fingerprint density at radius 3 is 2.71 bits per heavy atom. The van der Waals surface area contributed by atoms with Crippen LogP contribution in [-0.2, 0) is 4.79 Å². The first-order chi connectivity index (χ1) is 11.5. The average molecular weight is 365 g/mol. The summed E-state index contributed by atoms with van der Waals surface area (Å²) in [6, 6.07) is 0.282. The fourth-order valence-electron chi connectivity index (χ4n) is 3.36. The minimum atomic E-state index is 0.128. The van der Waals surface area contributed by atoms with Crippen molar-refractivity contribution in [1.29, 1.82) is 0 Å². The summed E-state index contributed by atoms with van der Waals surface area (Å²) in [5, 5.41) is 1.64. The molecule has 6 heteroatoms. The molecule has 0 aromatic carbocycles. The molecular weight excluding hydrogens is 340 g/mol. The van der Waals surface area contributed by atoms with Crippen molar-refractivity contribution >= 4 is 39.1 Å². The van der Waals surface area contributed by atoms with Crippen molar-refractivity contribution in [3.05, 3.63) is 20.8 Å². The van der Waals surface area contributed by atoms with Crippen LogP contribution in [0.3, 0.4) is 0 Å². The maximum Gasteiger partial charge on any atom is 0.263 e. The normalized spacial score (nSPS) is 15.5. The second-order valence-electron chi connectivity index (χ2n) is 6.63. The zero-order chi connectivity index (χ0) is 17.3. The third-order valence-corrected chi connectivity index (χ3v) is 6.94. The van der Waals surface area contributed by atoms with Gasteiger partial charge in [0.15, 0.2) is 5.16 Å². The highest BCUT2D eigenvalue weighted by Crippen LogP contribution is 2.34. The molecule has 0 unspecified atom stereocenters. The van der Waals surface area contributed by atoms with Crippen LogP contribution in [0.15, 0.2) is 9.95 Å². The van der Waals surface area contributed by atoms with Crippen molar-refractivity contribution < 1.29 is 4.79 Å². The number of hydrogen-bond donors (Lipinski definition) is 0. The quantitative estimate of drug-likeness (QED) is 0.425. The van der Waals surface area contributed by atoms with E-state index in [-0.39, 0.29) is 17.4 Å². The first kappa shape index (κ1) is 17.7. The van der Waals surface area contributed by atoms with Gasteiger partial charge in [-0.25, -0.2) is 4.98 Å². The number of fused-ring (bicyclic) bond motifs is 1. The molecule has 0 N–H and O–H groups in total. The van der Waals surface area contributed by atoms with E-state index < -0.39 is 0 Å². The van der Waals surface area contributed by atoms with Crippen LogP contribution in [0.5, 0.6) is 0 Å². The summed E-state index contributed by atoms with van der Waals surface area (Å²) in [5.74, 6) is 1.05. The maximum absolute atomic E-state index is 13.2. The molecule has 3 rings (SSSR count). The van der Waals surface area contributed by atoms with Gasteiger partial charge in [-0.15, -0.1) is 11.3 Å². The van der Waals surface area contributed by atoms with Crippen LogP contribution in [0.25, 0.3) is 10.2 Å². The van der Waals surface area contributed by atoms with Gasteiger partial charge >= 0.3 is 0 Å². The lowest BCUT2D eigenvalue weighted by molar-refractivity contribution is -0.117. The van der Waals surface area contributed by atoms with Gasteiger partial charge < -0.3 is 4.79 Å². The van der Waals surface area contributed by atoms with Gasteiger partial charge in [-0.2, -0.15) is 0 Å². The summed E-state index contributed by atoms with van der Waals surface area (Å²) in [6.45, 7) is 5.71. The summed E-state index contributed by atoms with van der Waals surface area (Å²) >= 11 is 3.24. The van der Waals surface area contributed by atoms with Crippen molar-refractivity contribution in [2.24, 2.45) is 0 Å². The van der Waals surface area contributed by atoms with E-state index in [1.807, 2.05) is 11.5 Å². The standard InChI is InChI=1S/C18H24N2O2S2/c1-11(21)7-6-10-23-18-19-16-15(12(2)13(3)24-16)17(22)20(18)14-8-4-5-9-14/h14H,4-10H2,1-3H3. The Balaban J connectivity index is 2.00. The predicted octanol–water partition coefficient (Wildman–Crippen LogP) is 4.65. The second kappa shape index (κ2) is 7.40. The Labute approximate surface area is 150 Å². The lowest BCUT2D eigenvalue weighted by Crippen LogP contribution is -2.26. The molecule has 2 aromatic rings. The van der Waals surface area contributed by atoms with E-state index in [0.717, 1.165) is 46.0 Å². The molecule has 0 saturated heterocycles. The van der Waals surface area contributed by atoms with Crippen molar-refractivity contribution in [1.82, 2.24) is 9.55 Å². The summed E-state index contributed by atoms with van der Waals surface area (Å²) in [7, 11) is 0. The third-order valence-electron chi connectivity index (χ3n) is 4.80. The molecule has 1 fully saturated rings. The van der Waals surface area contributed by atoms with Gasteiger partial charge in [-0.1, -0.05) is 24.6 Å². The van der Waals surface area contributed by atoms with Gasteiger partial charge in [-0.3, -0.25) is 9.36 Å². The van der Waals surface area contributed by atoms with Crippen LogP contribution in [0, 0.1) is 13.8 Å². The molecule has 0 spiro atoms. The van der Waals surface area contributed by atoms with Gasteiger partial charge in [0.05, 0.1) is 5.39 Å². The van der Waals surface area contributed by atoms with Crippen LogP contribution >= 0.6 is 23.1 Å². The smallest absolute Gasteiger partial charge is 0.263 e. The number of carbonyl (C=O) groups excluding carboxylic acids is 1. The van der Waals surface area contributed by atoms with Gasteiger partial charge in [0.25, 0.3) is 5.56 Å². The lowest BCUT2D eigenvalue weighted by atomic mass is 10.2. The van der Waals surface area contributed by atoms with E-state index in [9.17, 15) is 9.59 Å². The average Bonchev–Trinajstić information content (AvgIpc) is 3.13. The van der Waals surface area contributed by atoms with E-state index in [1.165, 1.54) is 17.7 Å². The highest BCUT2D eigenvalue weighted by atomic mass is 32.2. The van der Waals surface area contributed by atoms with Gasteiger partial charge in [0, 0.05) is 23.1 Å². The Kier molecular flexibility index (Phi) is 5.45. The predicted molar refractivity (Wildman–Crippen MR) is 101 cm³/mol. The number of aryl methyl sites for hydroxylation is 2. The van der Waals surface area contributed by atoms with Crippen molar-refractivity contribution in [3.63, 3.8) is 0 Å². The summed E-state index contributed by atoms with van der Waals surface area (Å²) in [4.78, 5) is 31.2. The topological polar surface area (TPSA) is 52.0 Å². The van der Waals surface area contributed by atoms with Crippen LogP contribution in [0.2, 0.25) is 0 Å². The first-order valence-corrected chi connectivity index (χ1v) is 10.4. The molecule has 1 aliphatic carbocycles. The van der Waals surface area contributed by atoms with Crippen molar-refractivity contribution in [2.75, 3.05) is 5.75 Å². The molecule has 0 aliphatic heterocycles. The fourth-order valence-corrected chi connectivity index (χ4v) is 5.43. The number of Topliss-reactive ketones (excluding diaryl/α,β-unsaturated/α-hetero) is 1. The van der Waals surface area contributed by atoms with E-state index in [2.05, 4.69) is 6.92 Å². The fraction of sp³-hybridized carbons (Fsp3) is 0.611. The zero-order valence-electron chi connectivity index (χ0n) is 14.6. The van der Waals surface area contributed by atoms with Gasteiger partial charge in [0.1, 0.15) is 10.6 Å². The van der Waals surface area contributed by atoms with Gasteiger partial charge in [0.2, 0.25) is 0 Å². The molecule has 2 aromatic heterocycles. The largest absolute Gasteiger partial charge is 0.300 e. The van der Waals surface area contributed by atoms with Crippen molar-refractivity contribution in [3.8, 4) is 0 Å². The second-order valence-corrected chi connectivity index (χ2v) is 8.89. The molecule has 1 saturated carbocycles. The van der Waals surface area contributed by atoms with Crippen LogP contribution in [0.4, 0.5) is 0 Å².